The van der Waals surface area contributed by atoms with Crippen LogP contribution in [0.25, 0.3) is 11.2 Å². The number of fused-ring (bicyclic) bond motifs is 1. The van der Waals surface area contributed by atoms with Crippen molar-refractivity contribution in [1.82, 2.24) is 24.4 Å². The highest BCUT2D eigenvalue weighted by Gasteiger charge is 2.16. The molecule has 0 aliphatic heterocycles. The van der Waals surface area contributed by atoms with Crippen LogP contribution in [0.3, 0.4) is 0 Å². The van der Waals surface area contributed by atoms with Crippen LogP contribution in [0.2, 0.25) is 0 Å². The van der Waals surface area contributed by atoms with Gasteiger partial charge < -0.3 is 15.2 Å². The molecule has 0 amide bonds. The fourth-order valence-corrected chi connectivity index (χ4v) is 2.70. The monoisotopic (exact) mass is 332 g/mol. The van der Waals surface area contributed by atoms with Crippen LogP contribution < -0.4 is 5.73 Å². The van der Waals surface area contributed by atoms with Gasteiger partial charge in [-0.25, -0.2) is 9.97 Å². The molecule has 0 atom stereocenters. The van der Waals surface area contributed by atoms with Gasteiger partial charge in [0.2, 0.25) is 5.95 Å². The molecule has 0 saturated carbocycles. The van der Waals surface area contributed by atoms with Gasteiger partial charge in [0.25, 0.3) is 0 Å². The highest BCUT2D eigenvalue weighted by Crippen LogP contribution is 2.18. The summed E-state index contributed by atoms with van der Waals surface area (Å²) in [5.41, 5.74) is 7.65. The van der Waals surface area contributed by atoms with Crippen LogP contribution in [0.5, 0.6) is 0 Å². The molecule has 2 aromatic heterocycles. The van der Waals surface area contributed by atoms with E-state index in [-0.39, 0.29) is 5.54 Å². The number of imidazole rings is 1. The second-order valence-corrected chi connectivity index (χ2v) is 7.52. The molecule has 6 nitrogen and oxygen atoms in total. The van der Waals surface area contributed by atoms with E-state index in [1.165, 1.54) is 0 Å². The SMILES string of the molecule is CCCCc1nc2nc(N)ncc2n1CCCCN(C)C(C)(C)C. The first-order valence-electron chi connectivity index (χ1n) is 9.01. The van der Waals surface area contributed by atoms with Crippen molar-refractivity contribution in [2.45, 2.75) is 71.9 Å². The minimum atomic E-state index is 0.222. The van der Waals surface area contributed by atoms with Gasteiger partial charge in [0.05, 0.1) is 6.20 Å². The number of nitrogens with zero attached hydrogens (tertiary/aromatic N) is 5. The lowest BCUT2D eigenvalue weighted by molar-refractivity contribution is 0.172. The summed E-state index contributed by atoms with van der Waals surface area (Å²) in [6, 6.07) is 0. The normalized spacial score (nSPS) is 12.4. The number of aryl methyl sites for hydroxylation is 2. The highest BCUT2D eigenvalue weighted by molar-refractivity contribution is 5.71. The number of nitrogens with two attached hydrogens (primary N) is 1. The Kier molecular flexibility index (Phi) is 6.15. The third-order valence-electron chi connectivity index (χ3n) is 4.63. The van der Waals surface area contributed by atoms with Gasteiger partial charge in [0.15, 0.2) is 5.65 Å². The van der Waals surface area contributed by atoms with Crippen molar-refractivity contribution in [3.05, 3.63) is 12.0 Å². The highest BCUT2D eigenvalue weighted by atomic mass is 15.2. The van der Waals surface area contributed by atoms with Crippen LogP contribution in [0.1, 0.15) is 59.2 Å². The molecule has 2 heterocycles. The average Bonchev–Trinajstić information content (AvgIpc) is 2.85. The average molecular weight is 332 g/mol. The topological polar surface area (TPSA) is 72.9 Å². The lowest BCUT2D eigenvalue weighted by Crippen LogP contribution is -2.38. The number of aromatic nitrogens is 4. The predicted molar refractivity (Wildman–Crippen MR) is 100.0 cm³/mol. The Balaban J connectivity index is 2.06. The Morgan fingerprint density at radius 1 is 1.17 bits per heavy atom. The molecule has 0 spiro atoms. The molecule has 6 heteroatoms. The maximum Gasteiger partial charge on any atom is 0.222 e. The molecule has 0 aliphatic carbocycles. The summed E-state index contributed by atoms with van der Waals surface area (Å²) < 4.78 is 2.28. The summed E-state index contributed by atoms with van der Waals surface area (Å²) in [6.45, 7) is 11.0. The standard InChI is InChI=1S/C18H32N6/c1-6-7-10-15-21-16-14(13-20-17(19)22-16)24(15)12-9-8-11-23(5)18(2,3)4/h13H,6-12H2,1-5H3,(H2,19,20,22). The second-order valence-electron chi connectivity index (χ2n) is 7.52. The number of anilines is 1. The summed E-state index contributed by atoms with van der Waals surface area (Å²) in [5, 5.41) is 0. The van der Waals surface area contributed by atoms with E-state index in [1.807, 2.05) is 0 Å². The molecule has 0 fully saturated rings. The maximum atomic E-state index is 5.70. The van der Waals surface area contributed by atoms with Gasteiger partial charge in [-0.15, -0.1) is 0 Å². The Bertz CT molecular complexity index is 655. The molecule has 0 aromatic carbocycles. The van der Waals surface area contributed by atoms with Gasteiger partial charge in [-0.3, -0.25) is 0 Å². The lowest BCUT2D eigenvalue weighted by atomic mass is 10.1. The molecule has 2 N–H and O–H groups in total. The number of nitrogen functional groups attached to an aromatic ring is 1. The number of hydrogen-bond acceptors (Lipinski definition) is 5. The van der Waals surface area contributed by atoms with Crippen molar-refractivity contribution in [2.24, 2.45) is 0 Å². The van der Waals surface area contributed by atoms with E-state index >= 15 is 0 Å². The Morgan fingerprint density at radius 2 is 1.92 bits per heavy atom. The minimum absolute atomic E-state index is 0.222. The largest absolute Gasteiger partial charge is 0.368 e. The van der Waals surface area contributed by atoms with E-state index in [2.05, 4.69) is 59.2 Å². The van der Waals surface area contributed by atoms with Gasteiger partial charge in [-0.2, -0.15) is 4.98 Å². The minimum Gasteiger partial charge on any atom is -0.368 e. The molecule has 2 aromatic rings. The summed E-state index contributed by atoms with van der Waals surface area (Å²) in [7, 11) is 2.19. The van der Waals surface area contributed by atoms with Crippen LogP contribution in [0.15, 0.2) is 6.20 Å². The maximum absolute atomic E-state index is 5.70. The Morgan fingerprint density at radius 3 is 2.58 bits per heavy atom. The lowest BCUT2D eigenvalue weighted by Gasteiger charge is -2.31. The zero-order chi connectivity index (χ0) is 17.7. The Hall–Kier alpha value is -1.69. The molecule has 0 saturated heterocycles. The summed E-state index contributed by atoms with van der Waals surface area (Å²) in [6.07, 6.45) is 7.37. The molecule has 0 bridgehead atoms. The number of hydrogen-bond donors (Lipinski definition) is 1. The van der Waals surface area contributed by atoms with Crippen LogP contribution in [-0.4, -0.2) is 43.6 Å². The summed E-state index contributed by atoms with van der Waals surface area (Å²) in [5.74, 6) is 1.40. The van der Waals surface area contributed by atoms with E-state index < -0.39 is 0 Å². The van der Waals surface area contributed by atoms with E-state index in [0.717, 1.165) is 62.2 Å². The van der Waals surface area contributed by atoms with Crippen LogP contribution in [0.4, 0.5) is 5.95 Å². The molecule has 2 rings (SSSR count). The van der Waals surface area contributed by atoms with Crippen molar-refractivity contribution in [2.75, 3.05) is 19.3 Å². The molecule has 134 valence electrons. The fourth-order valence-electron chi connectivity index (χ4n) is 2.70. The van der Waals surface area contributed by atoms with E-state index in [9.17, 15) is 0 Å². The number of rotatable bonds is 8. The molecule has 0 unspecified atom stereocenters. The third-order valence-corrected chi connectivity index (χ3v) is 4.63. The van der Waals surface area contributed by atoms with Crippen LogP contribution in [0, 0.1) is 0 Å². The van der Waals surface area contributed by atoms with Gasteiger partial charge in [-0.1, -0.05) is 13.3 Å². The van der Waals surface area contributed by atoms with Crippen molar-refractivity contribution in [1.29, 1.82) is 0 Å². The number of unbranched alkanes of at least 4 members (excludes halogenated alkanes) is 2. The van der Waals surface area contributed by atoms with Gasteiger partial charge in [0.1, 0.15) is 11.3 Å². The fraction of sp³-hybridized carbons (Fsp3) is 0.722. The molecule has 0 radical (unpaired) electrons. The zero-order valence-electron chi connectivity index (χ0n) is 15.8. The quantitative estimate of drug-likeness (QED) is 0.751. The van der Waals surface area contributed by atoms with E-state index in [4.69, 9.17) is 5.73 Å². The molecular formula is C18H32N6. The van der Waals surface area contributed by atoms with E-state index in [1.54, 1.807) is 6.20 Å². The van der Waals surface area contributed by atoms with Gasteiger partial charge >= 0.3 is 0 Å². The van der Waals surface area contributed by atoms with Crippen molar-refractivity contribution < 1.29 is 0 Å². The molecular weight excluding hydrogens is 300 g/mol. The van der Waals surface area contributed by atoms with Crippen LogP contribution >= 0.6 is 0 Å². The summed E-state index contributed by atoms with van der Waals surface area (Å²) in [4.78, 5) is 15.5. The summed E-state index contributed by atoms with van der Waals surface area (Å²) >= 11 is 0. The van der Waals surface area contributed by atoms with Crippen molar-refractivity contribution in [3.8, 4) is 0 Å². The third kappa shape index (κ3) is 4.66. The second kappa shape index (κ2) is 7.92. The Labute approximate surface area is 145 Å². The van der Waals surface area contributed by atoms with Gasteiger partial charge in [0, 0.05) is 18.5 Å². The zero-order valence-corrected chi connectivity index (χ0v) is 15.8. The smallest absolute Gasteiger partial charge is 0.222 e. The van der Waals surface area contributed by atoms with Gasteiger partial charge in [-0.05, 0) is 53.6 Å². The first-order valence-corrected chi connectivity index (χ1v) is 9.01. The van der Waals surface area contributed by atoms with Crippen molar-refractivity contribution >= 4 is 17.1 Å². The first kappa shape index (κ1) is 18.6. The molecule has 0 aliphatic rings. The predicted octanol–water partition coefficient (Wildman–Crippen LogP) is 3.26. The molecule has 24 heavy (non-hydrogen) atoms. The first-order chi connectivity index (χ1) is 11.3. The van der Waals surface area contributed by atoms with Crippen LogP contribution in [-0.2, 0) is 13.0 Å². The van der Waals surface area contributed by atoms with E-state index in [0.29, 0.717) is 5.95 Å². The van der Waals surface area contributed by atoms with Crippen molar-refractivity contribution in [3.63, 3.8) is 0 Å².